The summed E-state index contributed by atoms with van der Waals surface area (Å²) < 4.78 is 0. The van der Waals surface area contributed by atoms with Crippen molar-refractivity contribution in [2.45, 2.75) is 111 Å². The van der Waals surface area contributed by atoms with Gasteiger partial charge in [0.05, 0.1) is 5.54 Å². The van der Waals surface area contributed by atoms with Crippen LogP contribution in [0.1, 0.15) is 109 Å². The normalized spacial score (nSPS) is 13.3. The van der Waals surface area contributed by atoms with Crippen molar-refractivity contribution in [3.63, 3.8) is 0 Å². The molecule has 0 amide bonds. The zero-order chi connectivity index (χ0) is 22.4. The first-order valence-electron chi connectivity index (χ1n) is 12.1. The van der Waals surface area contributed by atoms with Crippen molar-refractivity contribution in [1.29, 1.82) is 0 Å². The van der Waals surface area contributed by atoms with Crippen LogP contribution in [0.5, 0.6) is 0 Å². The number of hydroxylamine groups is 2. The molecule has 0 heterocycles. The average molecular weight is 416 g/mol. The van der Waals surface area contributed by atoms with Gasteiger partial charge in [0.15, 0.2) is 0 Å². The molecule has 30 heavy (non-hydrogen) atoms. The molecular formula is C27H45NO2. The number of hydrogen-bond acceptors (Lipinski definition) is 3. The van der Waals surface area contributed by atoms with Crippen molar-refractivity contribution < 1.29 is 9.63 Å². The van der Waals surface area contributed by atoms with Gasteiger partial charge in [-0.1, -0.05) is 102 Å². The number of aryl methyl sites for hydroxylation is 1. The largest absolute Gasteiger partial charge is 0.363 e. The third-order valence-corrected chi connectivity index (χ3v) is 6.12. The zero-order valence-electron chi connectivity index (χ0n) is 20.3. The molecule has 1 aromatic rings. The first kappa shape index (κ1) is 26.4. The van der Waals surface area contributed by atoms with Crippen LogP contribution in [0, 0.1) is 6.92 Å². The predicted molar refractivity (Wildman–Crippen MR) is 128 cm³/mol. The van der Waals surface area contributed by atoms with Crippen LogP contribution in [0.3, 0.4) is 0 Å². The zero-order valence-corrected chi connectivity index (χ0v) is 20.3. The molecule has 0 N–H and O–H groups in total. The van der Waals surface area contributed by atoms with Gasteiger partial charge in [-0.3, -0.25) is 0 Å². The van der Waals surface area contributed by atoms with E-state index in [1.165, 1.54) is 68.9 Å². The summed E-state index contributed by atoms with van der Waals surface area (Å²) in [5.41, 5.74) is 2.56. The van der Waals surface area contributed by atoms with E-state index in [1.807, 2.05) is 12.0 Å². The van der Waals surface area contributed by atoms with Crippen LogP contribution in [0.4, 0.5) is 0 Å². The van der Waals surface area contributed by atoms with Crippen LogP contribution in [0.25, 0.3) is 0 Å². The molecule has 0 saturated carbocycles. The average Bonchev–Trinajstić information content (AvgIpc) is 2.73. The molecule has 1 atom stereocenters. The number of benzene rings is 1. The molecule has 1 rings (SSSR count). The third kappa shape index (κ3) is 8.63. The maximum Gasteiger partial charge on any atom is 0.352 e. The summed E-state index contributed by atoms with van der Waals surface area (Å²) in [5.74, 6) is -0.347. The molecule has 1 unspecified atom stereocenters. The highest BCUT2D eigenvalue weighted by atomic mass is 16.7. The molecule has 3 heteroatoms. The minimum Gasteiger partial charge on any atom is -0.363 e. The van der Waals surface area contributed by atoms with Crippen LogP contribution >= 0.6 is 0 Å². The highest BCUT2D eigenvalue weighted by Gasteiger charge is 2.36. The van der Waals surface area contributed by atoms with E-state index >= 15 is 0 Å². The van der Waals surface area contributed by atoms with E-state index in [2.05, 4.69) is 51.6 Å². The predicted octanol–water partition coefficient (Wildman–Crippen LogP) is 7.88. The van der Waals surface area contributed by atoms with Crippen molar-refractivity contribution in [3.05, 3.63) is 47.5 Å². The maximum atomic E-state index is 12.3. The fourth-order valence-electron chi connectivity index (χ4n) is 4.22. The summed E-state index contributed by atoms with van der Waals surface area (Å²) in [4.78, 5) is 18.0. The molecule has 1 aromatic carbocycles. The van der Waals surface area contributed by atoms with E-state index in [0.717, 1.165) is 12.8 Å². The third-order valence-electron chi connectivity index (χ3n) is 6.12. The molecule has 0 aromatic heterocycles. The van der Waals surface area contributed by atoms with Gasteiger partial charge in [-0.15, -0.1) is 5.06 Å². The van der Waals surface area contributed by atoms with E-state index in [4.69, 9.17) is 4.84 Å². The van der Waals surface area contributed by atoms with Crippen LogP contribution in [-0.4, -0.2) is 17.6 Å². The Bertz CT molecular complexity index is 640. The summed E-state index contributed by atoms with van der Waals surface area (Å²) in [6.07, 6.45) is 14.1. The van der Waals surface area contributed by atoms with Gasteiger partial charge in [-0.25, -0.2) is 4.79 Å². The standard InChI is InChI=1S/C27H45NO2/c1-7-9-10-11-12-13-14-15-16-19-22-27(6,25-21-18-17-20-24(25)5)28(8-2)30-26(29)23(3)4/h17-18,20-21H,3,7-16,19,22H2,1-2,4-6H3. The van der Waals surface area contributed by atoms with Crippen molar-refractivity contribution in [3.8, 4) is 0 Å². The second kappa shape index (κ2) is 14.4. The van der Waals surface area contributed by atoms with E-state index in [1.54, 1.807) is 6.92 Å². The molecule has 0 bridgehead atoms. The number of rotatable bonds is 16. The van der Waals surface area contributed by atoms with Crippen molar-refractivity contribution >= 4 is 5.97 Å². The molecule has 0 fully saturated rings. The Morgan fingerprint density at radius 1 is 0.967 bits per heavy atom. The highest BCUT2D eigenvalue weighted by molar-refractivity contribution is 5.86. The SMILES string of the molecule is C=C(C)C(=O)ON(CC)C(C)(CCCCCCCCCCCC)c1ccccc1C. The van der Waals surface area contributed by atoms with Gasteiger partial charge in [0.25, 0.3) is 0 Å². The smallest absolute Gasteiger partial charge is 0.352 e. The van der Waals surface area contributed by atoms with Gasteiger partial charge in [0.1, 0.15) is 0 Å². The Balaban J connectivity index is 2.68. The maximum absolute atomic E-state index is 12.3. The molecule has 0 spiro atoms. The lowest BCUT2D eigenvalue weighted by atomic mass is 9.83. The Morgan fingerprint density at radius 3 is 2.00 bits per heavy atom. The lowest BCUT2D eigenvalue weighted by molar-refractivity contribution is -0.218. The van der Waals surface area contributed by atoms with Gasteiger partial charge in [0, 0.05) is 12.1 Å². The van der Waals surface area contributed by atoms with Crippen LogP contribution in [-0.2, 0) is 15.2 Å². The summed E-state index contributed by atoms with van der Waals surface area (Å²) in [7, 11) is 0. The number of unbranched alkanes of at least 4 members (excludes halogenated alkanes) is 9. The number of hydrogen-bond donors (Lipinski definition) is 0. The van der Waals surface area contributed by atoms with Crippen LogP contribution < -0.4 is 0 Å². The summed E-state index contributed by atoms with van der Waals surface area (Å²) in [6, 6.07) is 8.45. The molecule has 0 aliphatic heterocycles. The fraction of sp³-hybridized carbons (Fsp3) is 0.667. The molecule has 0 saturated heterocycles. The fourth-order valence-corrected chi connectivity index (χ4v) is 4.22. The van der Waals surface area contributed by atoms with Gasteiger partial charge in [-0.2, -0.15) is 0 Å². The molecule has 0 aliphatic rings. The Labute approximate surface area is 185 Å². The number of carbonyl (C=O) groups is 1. The molecule has 3 nitrogen and oxygen atoms in total. The van der Waals surface area contributed by atoms with Crippen LogP contribution in [0.15, 0.2) is 36.4 Å². The van der Waals surface area contributed by atoms with Gasteiger partial charge in [0.2, 0.25) is 0 Å². The van der Waals surface area contributed by atoms with E-state index in [-0.39, 0.29) is 11.5 Å². The lowest BCUT2D eigenvalue weighted by Crippen LogP contribution is -2.45. The van der Waals surface area contributed by atoms with E-state index in [0.29, 0.717) is 12.1 Å². The lowest BCUT2D eigenvalue weighted by Gasteiger charge is -2.40. The summed E-state index contributed by atoms with van der Waals surface area (Å²) in [6.45, 7) is 14.7. The van der Waals surface area contributed by atoms with E-state index < -0.39 is 0 Å². The monoisotopic (exact) mass is 415 g/mol. The minimum absolute atomic E-state index is 0.342. The van der Waals surface area contributed by atoms with Gasteiger partial charge < -0.3 is 4.84 Å². The highest BCUT2D eigenvalue weighted by Crippen LogP contribution is 2.36. The number of nitrogens with zero attached hydrogens (tertiary/aromatic N) is 1. The van der Waals surface area contributed by atoms with Gasteiger partial charge >= 0.3 is 5.97 Å². The topological polar surface area (TPSA) is 29.5 Å². The van der Waals surface area contributed by atoms with Crippen molar-refractivity contribution in [2.75, 3.05) is 6.54 Å². The summed E-state index contributed by atoms with van der Waals surface area (Å²) in [5, 5.41) is 1.86. The van der Waals surface area contributed by atoms with Gasteiger partial charge in [-0.05, 0) is 45.2 Å². The quantitative estimate of drug-likeness (QED) is 0.156. The Morgan fingerprint density at radius 2 is 1.50 bits per heavy atom. The molecule has 0 aliphatic carbocycles. The summed E-state index contributed by atoms with van der Waals surface area (Å²) >= 11 is 0. The van der Waals surface area contributed by atoms with Crippen molar-refractivity contribution in [1.82, 2.24) is 5.06 Å². The molecule has 0 radical (unpaired) electrons. The second-order valence-corrected chi connectivity index (χ2v) is 8.87. The van der Waals surface area contributed by atoms with E-state index in [9.17, 15) is 4.79 Å². The Hall–Kier alpha value is -1.61. The van der Waals surface area contributed by atoms with Crippen LogP contribution in [0.2, 0.25) is 0 Å². The first-order valence-corrected chi connectivity index (χ1v) is 12.1. The first-order chi connectivity index (χ1) is 14.4. The molecule has 170 valence electrons. The second-order valence-electron chi connectivity index (χ2n) is 8.87. The molecular weight excluding hydrogens is 370 g/mol. The number of carbonyl (C=O) groups excluding carboxylic acids is 1. The van der Waals surface area contributed by atoms with Crippen molar-refractivity contribution in [2.24, 2.45) is 0 Å². The Kier molecular flexibility index (Phi) is 12.7. The minimum atomic E-state index is -0.347.